The number of methoxy groups -OCH3 is 1. The minimum atomic E-state index is 0.581. The van der Waals surface area contributed by atoms with Gasteiger partial charge in [0.2, 0.25) is 5.88 Å². The Bertz CT molecular complexity index is 990. The summed E-state index contributed by atoms with van der Waals surface area (Å²) in [6, 6.07) is 11.9. The number of fused-ring (bicyclic) bond motifs is 3. The molecule has 0 fully saturated rings. The summed E-state index contributed by atoms with van der Waals surface area (Å²) in [7, 11) is 1.61. The second-order valence-electron chi connectivity index (χ2n) is 5.10. The van der Waals surface area contributed by atoms with Crippen molar-refractivity contribution in [1.29, 1.82) is 0 Å². The molecule has 4 rings (SSSR count). The van der Waals surface area contributed by atoms with Crippen molar-refractivity contribution in [2.45, 2.75) is 6.92 Å². The number of aromatic nitrogens is 4. The molecule has 4 aromatic rings. The van der Waals surface area contributed by atoms with Crippen molar-refractivity contribution in [3.8, 4) is 17.0 Å². The van der Waals surface area contributed by atoms with Gasteiger partial charge in [0, 0.05) is 29.4 Å². The number of hydrogen-bond acceptors (Lipinski definition) is 4. The number of aryl methyl sites for hydroxylation is 1. The highest BCUT2D eigenvalue weighted by Crippen LogP contribution is 2.30. The van der Waals surface area contributed by atoms with E-state index in [1.54, 1.807) is 13.3 Å². The van der Waals surface area contributed by atoms with E-state index in [1.165, 1.54) is 0 Å². The molecule has 0 saturated heterocycles. The highest BCUT2D eigenvalue weighted by molar-refractivity contribution is 5.86. The molecule has 0 aliphatic carbocycles. The summed E-state index contributed by atoms with van der Waals surface area (Å²) < 4.78 is 7.11. The van der Waals surface area contributed by atoms with Crippen molar-refractivity contribution < 1.29 is 4.74 Å². The predicted octanol–water partition coefficient (Wildman–Crippen LogP) is 3.26. The van der Waals surface area contributed by atoms with Crippen LogP contribution in [0, 0.1) is 6.92 Å². The van der Waals surface area contributed by atoms with Crippen molar-refractivity contribution in [1.82, 2.24) is 19.6 Å². The maximum Gasteiger partial charge on any atom is 0.213 e. The van der Waals surface area contributed by atoms with Gasteiger partial charge in [-0.3, -0.25) is 0 Å². The van der Waals surface area contributed by atoms with Gasteiger partial charge in [0.25, 0.3) is 0 Å². The molecule has 0 bridgehead atoms. The quantitative estimate of drug-likeness (QED) is 0.568. The lowest BCUT2D eigenvalue weighted by atomic mass is 10.1. The van der Waals surface area contributed by atoms with Crippen LogP contribution in [-0.2, 0) is 0 Å². The third-order valence-corrected chi connectivity index (χ3v) is 3.76. The molecule has 0 N–H and O–H groups in total. The smallest absolute Gasteiger partial charge is 0.213 e. The van der Waals surface area contributed by atoms with Crippen molar-refractivity contribution in [2.75, 3.05) is 7.11 Å². The summed E-state index contributed by atoms with van der Waals surface area (Å²) in [5, 5.41) is 5.73. The predicted molar refractivity (Wildman–Crippen MR) is 85.0 cm³/mol. The number of hydrogen-bond donors (Lipinski definition) is 0. The minimum Gasteiger partial charge on any atom is -0.481 e. The van der Waals surface area contributed by atoms with Crippen LogP contribution >= 0.6 is 0 Å². The summed E-state index contributed by atoms with van der Waals surface area (Å²) in [4.78, 5) is 8.76. The average molecular weight is 290 g/mol. The molecule has 0 amide bonds. The third kappa shape index (κ3) is 1.83. The average Bonchev–Trinajstić information content (AvgIpc) is 2.91. The Hall–Kier alpha value is -2.95. The molecule has 3 aromatic heterocycles. The molecule has 0 atom stereocenters. The van der Waals surface area contributed by atoms with E-state index in [-0.39, 0.29) is 0 Å². The molecule has 5 heteroatoms. The number of ether oxygens (including phenoxy) is 1. The first kappa shape index (κ1) is 12.8. The lowest BCUT2D eigenvalue weighted by molar-refractivity contribution is 0.398. The fourth-order valence-corrected chi connectivity index (χ4v) is 2.74. The van der Waals surface area contributed by atoms with Gasteiger partial charge >= 0.3 is 0 Å². The second kappa shape index (κ2) is 4.80. The van der Waals surface area contributed by atoms with E-state index in [4.69, 9.17) is 4.74 Å². The fraction of sp³-hybridized carbons (Fsp3) is 0.118. The van der Waals surface area contributed by atoms with Crippen molar-refractivity contribution in [2.24, 2.45) is 0 Å². The van der Waals surface area contributed by atoms with Crippen molar-refractivity contribution in [3.63, 3.8) is 0 Å². The van der Waals surface area contributed by atoms with E-state index >= 15 is 0 Å². The van der Waals surface area contributed by atoms with Crippen LogP contribution in [0.1, 0.15) is 5.69 Å². The van der Waals surface area contributed by atoms with Crippen LogP contribution in [0.5, 0.6) is 5.88 Å². The Morgan fingerprint density at radius 2 is 1.95 bits per heavy atom. The fourth-order valence-electron chi connectivity index (χ4n) is 2.74. The first-order chi connectivity index (χ1) is 10.8. The second-order valence-corrected chi connectivity index (χ2v) is 5.10. The van der Waals surface area contributed by atoms with Gasteiger partial charge in [-0.2, -0.15) is 5.10 Å². The molecular weight excluding hydrogens is 276 g/mol. The number of pyridine rings is 1. The van der Waals surface area contributed by atoms with Crippen molar-refractivity contribution in [3.05, 3.63) is 54.5 Å². The maximum atomic E-state index is 5.22. The lowest BCUT2D eigenvalue weighted by Crippen LogP contribution is -1.93. The Morgan fingerprint density at radius 3 is 2.82 bits per heavy atom. The monoisotopic (exact) mass is 290 g/mol. The van der Waals surface area contributed by atoms with Gasteiger partial charge in [-0.05, 0) is 24.6 Å². The third-order valence-electron chi connectivity index (χ3n) is 3.76. The van der Waals surface area contributed by atoms with E-state index < -0.39 is 0 Å². The molecule has 0 spiro atoms. The summed E-state index contributed by atoms with van der Waals surface area (Å²) in [6.07, 6.45) is 3.62. The van der Waals surface area contributed by atoms with E-state index in [9.17, 15) is 0 Å². The van der Waals surface area contributed by atoms with Gasteiger partial charge in [0.15, 0.2) is 5.65 Å². The van der Waals surface area contributed by atoms with Crippen molar-refractivity contribution >= 4 is 16.6 Å². The van der Waals surface area contributed by atoms with Crippen LogP contribution in [-0.4, -0.2) is 26.7 Å². The highest BCUT2D eigenvalue weighted by Gasteiger charge is 2.15. The van der Waals surface area contributed by atoms with E-state index in [0.29, 0.717) is 5.88 Å². The molecule has 3 heterocycles. The first-order valence-corrected chi connectivity index (χ1v) is 7.01. The standard InChI is InChI=1S/C17H14N4O/c1-11-16(12-7-8-18-15(9-12)22-2)17-19-10-13-5-3-4-6-14(13)21(17)20-11/h3-10H,1-2H3. The number of rotatable bonds is 2. The van der Waals surface area contributed by atoms with Gasteiger partial charge in [-0.15, -0.1) is 0 Å². The number of para-hydroxylation sites is 1. The van der Waals surface area contributed by atoms with Crippen LogP contribution in [0.2, 0.25) is 0 Å². The molecule has 22 heavy (non-hydrogen) atoms. The van der Waals surface area contributed by atoms with Crippen LogP contribution in [0.15, 0.2) is 48.8 Å². The van der Waals surface area contributed by atoms with Gasteiger partial charge in [0.1, 0.15) is 0 Å². The van der Waals surface area contributed by atoms with Crippen LogP contribution < -0.4 is 4.74 Å². The SMILES string of the molecule is COc1cc(-c2c(C)nn3c2ncc2ccccc23)ccn1. The molecule has 0 unspecified atom stereocenters. The molecule has 1 aromatic carbocycles. The van der Waals surface area contributed by atoms with Gasteiger partial charge in [-0.1, -0.05) is 18.2 Å². The molecular formula is C17H14N4O. The number of nitrogens with zero attached hydrogens (tertiary/aromatic N) is 4. The van der Waals surface area contributed by atoms with Gasteiger partial charge in [-0.25, -0.2) is 14.5 Å². The summed E-state index contributed by atoms with van der Waals surface area (Å²) in [5.41, 5.74) is 4.82. The Labute approximate surface area is 127 Å². The van der Waals surface area contributed by atoms with Crippen LogP contribution in [0.25, 0.3) is 27.7 Å². The van der Waals surface area contributed by atoms with Gasteiger partial charge in [0.05, 0.1) is 18.3 Å². The zero-order chi connectivity index (χ0) is 15.1. The van der Waals surface area contributed by atoms with E-state index in [1.807, 2.05) is 54.0 Å². The molecule has 0 radical (unpaired) electrons. The minimum absolute atomic E-state index is 0.581. The highest BCUT2D eigenvalue weighted by atomic mass is 16.5. The van der Waals surface area contributed by atoms with E-state index in [2.05, 4.69) is 15.1 Å². The first-order valence-electron chi connectivity index (χ1n) is 7.01. The van der Waals surface area contributed by atoms with Crippen LogP contribution in [0.4, 0.5) is 0 Å². The zero-order valence-electron chi connectivity index (χ0n) is 12.3. The summed E-state index contributed by atoms with van der Waals surface area (Å²) in [6.45, 7) is 1.99. The maximum absolute atomic E-state index is 5.22. The summed E-state index contributed by atoms with van der Waals surface area (Å²) in [5.74, 6) is 0.581. The topological polar surface area (TPSA) is 52.3 Å². The largest absolute Gasteiger partial charge is 0.481 e. The van der Waals surface area contributed by atoms with Gasteiger partial charge < -0.3 is 4.74 Å². The molecule has 0 aliphatic rings. The Kier molecular flexibility index (Phi) is 2.79. The Morgan fingerprint density at radius 1 is 1.09 bits per heavy atom. The van der Waals surface area contributed by atoms with Crippen LogP contribution in [0.3, 0.4) is 0 Å². The molecule has 5 nitrogen and oxygen atoms in total. The summed E-state index contributed by atoms with van der Waals surface area (Å²) >= 11 is 0. The molecule has 0 aliphatic heterocycles. The van der Waals surface area contributed by atoms with E-state index in [0.717, 1.165) is 33.4 Å². The molecule has 0 saturated carbocycles. The zero-order valence-corrected chi connectivity index (χ0v) is 12.3. The Balaban J connectivity index is 2.05. The normalized spacial score (nSPS) is 11.2. The lowest BCUT2D eigenvalue weighted by Gasteiger charge is -2.04. The number of benzene rings is 1. The molecule has 108 valence electrons.